The van der Waals surface area contributed by atoms with Gasteiger partial charge in [0.25, 0.3) is 0 Å². The van der Waals surface area contributed by atoms with Gasteiger partial charge in [0, 0.05) is 16.3 Å². The molecular weight excluding hydrogens is 321 g/mol. The lowest BCUT2D eigenvalue weighted by Gasteiger charge is -2.33. The maximum absolute atomic E-state index is 13.6. The fourth-order valence-electron chi connectivity index (χ4n) is 2.68. The summed E-state index contributed by atoms with van der Waals surface area (Å²) in [7, 11) is 0. The molecule has 5 heteroatoms. The predicted octanol–water partition coefficient (Wildman–Crippen LogP) is 5.04. The highest BCUT2D eigenvalue weighted by Gasteiger charge is 2.26. The van der Waals surface area contributed by atoms with Crippen molar-refractivity contribution >= 4 is 29.3 Å². The summed E-state index contributed by atoms with van der Waals surface area (Å²) in [6, 6.07) is 4.61. The van der Waals surface area contributed by atoms with Gasteiger partial charge in [-0.2, -0.15) is 0 Å². The predicted molar refractivity (Wildman–Crippen MR) is 93.9 cm³/mol. The summed E-state index contributed by atoms with van der Waals surface area (Å²) in [5, 5.41) is 3.43. The fraction of sp³-hybridized carbons (Fsp3) is 0.588. The van der Waals surface area contributed by atoms with E-state index in [-0.39, 0.29) is 22.7 Å². The van der Waals surface area contributed by atoms with Crippen LogP contribution in [0.1, 0.15) is 46.6 Å². The topological polar surface area (TPSA) is 29.1 Å². The smallest absolute Gasteiger partial charge is 0.230 e. The van der Waals surface area contributed by atoms with Gasteiger partial charge in [-0.1, -0.05) is 38.4 Å². The first kappa shape index (κ1) is 19.3. The summed E-state index contributed by atoms with van der Waals surface area (Å²) in [5.41, 5.74) is 0.466. The van der Waals surface area contributed by atoms with E-state index < -0.39 is 0 Å². The van der Waals surface area contributed by atoms with Crippen LogP contribution in [0.15, 0.2) is 18.2 Å². The van der Waals surface area contributed by atoms with Gasteiger partial charge in [0.1, 0.15) is 5.82 Å². The Morgan fingerprint density at radius 1 is 1.27 bits per heavy atom. The molecule has 0 aliphatic heterocycles. The number of benzene rings is 1. The van der Waals surface area contributed by atoms with Crippen molar-refractivity contribution in [1.29, 1.82) is 0 Å². The molecule has 1 aromatic carbocycles. The molecule has 0 bridgehead atoms. The number of halogens is 2. The van der Waals surface area contributed by atoms with Crippen molar-refractivity contribution in [3.8, 4) is 0 Å². The molecule has 1 amide bonds. The first-order valence-corrected chi connectivity index (χ1v) is 8.84. The molecular formula is C17H25ClFNOS. The SMILES string of the molecule is CC(C)(C)CC(C)(C)NC(=O)CSCc1ccc(Cl)cc1F. The van der Waals surface area contributed by atoms with Crippen LogP contribution in [0.2, 0.25) is 5.02 Å². The van der Waals surface area contributed by atoms with E-state index in [0.717, 1.165) is 6.42 Å². The Labute approximate surface area is 142 Å². The Bertz CT molecular complexity index is 526. The van der Waals surface area contributed by atoms with Gasteiger partial charge in [-0.15, -0.1) is 11.8 Å². The normalized spacial score (nSPS) is 12.3. The molecule has 0 heterocycles. The fourth-order valence-corrected chi connectivity index (χ4v) is 3.65. The van der Waals surface area contributed by atoms with Gasteiger partial charge in [0.05, 0.1) is 5.75 Å². The molecule has 0 saturated carbocycles. The van der Waals surface area contributed by atoms with Crippen LogP contribution < -0.4 is 5.32 Å². The van der Waals surface area contributed by atoms with Gasteiger partial charge in [-0.25, -0.2) is 4.39 Å². The summed E-state index contributed by atoms with van der Waals surface area (Å²) >= 11 is 7.11. The molecule has 1 N–H and O–H groups in total. The van der Waals surface area contributed by atoms with Crippen molar-refractivity contribution < 1.29 is 9.18 Å². The zero-order chi connectivity index (χ0) is 17.0. The van der Waals surface area contributed by atoms with Gasteiger partial charge in [-0.3, -0.25) is 4.79 Å². The Hall–Kier alpha value is -0.740. The lowest BCUT2D eigenvalue weighted by atomic mass is 9.82. The molecule has 1 rings (SSSR count). The standard InChI is InChI=1S/C17H25ClFNOS/c1-16(2,3)11-17(4,5)20-15(21)10-22-9-12-6-7-13(18)8-14(12)19/h6-8H,9-11H2,1-5H3,(H,20,21). The molecule has 1 aromatic rings. The zero-order valence-electron chi connectivity index (χ0n) is 13.9. The number of hydrogen-bond acceptors (Lipinski definition) is 2. The Morgan fingerprint density at radius 2 is 1.91 bits per heavy atom. The number of amides is 1. The van der Waals surface area contributed by atoms with E-state index in [9.17, 15) is 9.18 Å². The molecule has 0 atom stereocenters. The molecule has 0 aromatic heterocycles. The van der Waals surface area contributed by atoms with E-state index in [1.807, 2.05) is 13.8 Å². The zero-order valence-corrected chi connectivity index (χ0v) is 15.5. The van der Waals surface area contributed by atoms with Crippen LogP contribution in [0.5, 0.6) is 0 Å². The molecule has 0 saturated heterocycles. The van der Waals surface area contributed by atoms with Crippen LogP contribution in [0.25, 0.3) is 0 Å². The van der Waals surface area contributed by atoms with Crippen LogP contribution in [0.3, 0.4) is 0 Å². The van der Waals surface area contributed by atoms with Gasteiger partial charge in [-0.05, 0) is 43.4 Å². The number of carbonyl (C=O) groups excluding carboxylic acids is 1. The molecule has 2 nitrogen and oxygen atoms in total. The molecule has 0 aliphatic carbocycles. The van der Waals surface area contributed by atoms with E-state index in [1.54, 1.807) is 12.1 Å². The van der Waals surface area contributed by atoms with Crippen LogP contribution in [0.4, 0.5) is 4.39 Å². The third-order valence-corrected chi connectivity index (χ3v) is 4.17. The largest absolute Gasteiger partial charge is 0.350 e. The maximum atomic E-state index is 13.6. The van der Waals surface area contributed by atoms with E-state index in [0.29, 0.717) is 22.1 Å². The maximum Gasteiger partial charge on any atom is 0.230 e. The number of hydrogen-bond donors (Lipinski definition) is 1. The van der Waals surface area contributed by atoms with Crippen LogP contribution >= 0.6 is 23.4 Å². The minimum absolute atomic E-state index is 0.0198. The van der Waals surface area contributed by atoms with Gasteiger partial charge >= 0.3 is 0 Å². The summed E-state index contributed by atoms with van der Waals surface area (Å²) in [6.45, 7) is 10.5. The monoisotopic (exact) mass is 345 g/mol. The highest BCUT2D eigenvalue weighted by molar-refractivity contribution is 7.99. The summed E-state index contributed by atoms with van der Waals surface area (Å²) in [6.07, 6.45) is 0.891. The molecule has 0 spiro atoms. The van der Waals surface area contributed by atoms with Crippen molar-refractivity contribution in [3.05, 3.63) is 34.6 Å². The van der Waals surface area contributed by atoms with E-state index >= 15 is 0 Å². The van der Waals surface area contributed by atoms with Crippen molar-refractivity contribution in [3.63, 3.8) is 0 Å². The van der Waals surface area contributed by atoms with E-state index in [4.69, 9.17) is 11.6 Å². The second-order valence-corrected chi connectivity index (χ2v) is 8.82. The summed E-state index contributed by atoms with van der Waals surface area (Å²) in [4.78, 5) is 12.0. The second kappa shape index (κ2) is 7.69. The molecule has 0 fully saturated rings. The Kier molecular flexibility index (Phi) is 6.75. The lowest BCUT2D eigenvalue weighted by Crippen LogP contribution is -2.46. The molecule has 0 unspecified atom stereocenters. The molecule has 0 aliphatic rings. The lowest BCUT2D eigenvalue weighted by molar-refractivity contribution is -0.120. The summed E-state index contributed by atoms with van der Waals surface area (Å²) in [5.74, 6) is 0.424. The average Bonchev–Trinajstić information content (AvgIpc) is 2.27. The van der Waals surface area contributed by atoms with Crippen molar-refractivity contribution in [2.75, 3.05) is 5.75 Å². The number of rotatable bonds is 6. The van der Waals surface area contributed by atoms with Crippen LogP contribution in [0, 0.1) is 11.2 Å². The Balaban J connectivity index is 2.43. The number of thioether (sulfide) groups is 1. The second-order valence-electron chi connectivity index (χ2n) is 7.40. The van der Waals surface area contributed by atoms with Crippen molar-refractivity contribution in [2.45, 2.75) is 52.3 Å². The minimum atomic E-state index is -0.325. The average molecular weight is 346 g/mol. The minimum Gasteiger partial charge on any atom is -0.350 e. The molecule has 0 radical (unpaired) electrons. The van der Waals surface area contributed by atoms with E-state index in [1.165, 1.54) is 17.8 Å². The third kappa shape index (κ3) is 7.50. The van der Waals surface area contributed by atoms with Gasteiger partial charge in [0.2, 0.25) is 5.91 Å². The van der Waals surface area contributed by atoms with E-state index in [2.05, 4.69) is 26.1 Å². The third-order valence-electron chi connectivity index (χ3n) is 2.96. The van der Waals surface area contributed by atoms with Gasteiger partial charge < -0.3 is 5.32 Å². The quantitative estimate of drug-likeness (QED) is 0.782. The van der Waals surface area contributed by atoms with Crippen LogP contribution in [-0.4, -0.2) is 17.2 Å². The van der Waals surface area contributed by atoms with Gasteiger partial charge in [0.15, 0.2) is 0 Å². The summed E-state index contributed by atoms with van der Waals surface area (Å²) < 4.78 is 13.6. The number of nitrogens with one attached hydrogen (secondary N) is 1. The number of carbonyl (C=O) groups is 1. The first-order chi connectivity index (χ1) is 9.98. The molecule has 22 heavy (non-hydrogen) atoms. The first-order valence-electron chi connectivity index (χ1n) is 7.31. The highest BCUT2D eigenvalue weighted by atomic mass is 35.5. The van der Waals surface area contributed by atoms with Crippen molar-refractivity contribution in [2.24, 2.45) is 5.41 Å². The molecule has 124 valence electrons. The Morgan fingerprint density at radius 3 is 2.45 bits per heavy atom. The van der Waals surface area contributed by atoms with Crippen LogP contribution in [-0.2, 0) is 10.5 Å². The van der Waals surface area contributed by atoms with Crippen molar-refractivity contribution in [1.82, 2.24) is 5.32 Å². The highest BCUT2D eigenvalue weighted by Crippen LogP contribution is 2.27.